The van der Waals surface area contributed by atoms with Crippen molar-refractivity contribution in [3.63, 3.8) is 0 Å². The number of benzene rings is 3. The summed E-state index contributed by atoms with van der Waals surface area (Å²) >= 11 is 11.7. The number of nitrogens with one attached hydrogen (secondary N) is 1. The van der Waals surface area contributed by atoms with E-state index in [0.717, 1.165) is 10.6 Å². The highest BCUT2D eigenvalue weighted by Gasteiger charge is 2.42. The molecule has 0 bridgehead atoms. The Kier molecular flexibility index (Phi) is 6.29. The van der Waals surface area contributed by atoms with Crippen molar-refractivity contribution in [2.45, 2.75) is 12.7 Å². The van der Waals surface area contributed by atoms with Crippen LogP contribution in [0.2, 0.25) is 10.0 Å². The molecule has 0 aliphatic heterocycles. The number of alkyl halides is 3. The monoisotopic (exact) mass is 506 g/mol. The first-order valence-electron chi connectivity index (χ1n) is 9.82. The number of rotatable bonds is 5. The van der Waals surface area contributed by atoms with Crippen molar-refractivity contribution in [2.24, 2.45) is 0 Å². The maximum atomic E-state index is 14.3. The Balaban J connectivity index is 1.87. The van der Waals surface area contributed by atoms with Crippen LogP contribution in [0.5, 0.6) is 5.75 Å². The third-order valence-electron chi connectivity index (χ3n) is 5.09. The second kappa shape index (κ2) is 9.04. The molecular formula is C24H15Cl2F3N2O3. The zero-order valence-electron chi connectivity index (χ0n) is 17.2. The van der Waals surface area contributed by atoms with Gasteiger partial charge in [0, 0.05) is 33.2 Å². The molecule has 3 aromatic carbocycles. The number of aromatic nitrogens is 1. The Bertz CT molecular complexity index is 1410. The number of phenolic OH excluding ortho intramolecular Hbond substituents is 1. The standard InChI is InChI=1S/C24H15Cl2F3N2O3/c25-14-6-4-13(5-7-14)12-31-19-9-8-17(32)11-18(19)20(22(31)24(27,28)29)21(33)23(34)30-16-3-1-2-15(26)10-16/h1-11,32H,12H2,(H,30,34). The van der Waals surface area contributed by atoms with Crippen molar-refractivity contribution in [2.75, 3.05) is 5.32 Å². The summed E-state index contributed by atoms with van der Waals surface area (Å²) in [7, 11) is 0. The van der Waals surface area contributed by atoms with Crippen LogP contribution in [0.15, 0.2) is 66.7 Å². The Morgan fingerprint density at radius 3 is 2.29 bits per heavy atom. The molecule has 1 aromatic heterocycles. The van der Waals surface area contributed by atoms with Crippen molar-refractivity contribution < 1.29 is 27.9 Å². The van der Waals surface area contributed by atoms with Crippen LogP contribution in [0.1, 0.15) is 21.6 Å². The number of anilines is 1. The zero-order valence-corrected chi connectivity index (χ0v) is 18.7. The Morgan fingerprint density at radius 1 is 0.941 bits per heavy atom. The fourth-order valence-electron chi connectivity index (χ4n) is 3.67. The number of nitrogens with zero attached hydrogens (tertiary/aromatic N) is 1. The van der Waals surface area contributed by atoms with Crippen LogP contribution in [0, 0.1) is 0 Å². The number of hydrogen-bond donors (Lipinski definition) is 2. The third-order valence-corrected chi connectivity index (χ3v) is 5.57. The summed E-state index contributed by atoms with van der Waals surface area (Å²) in [5, 5.41) is 12.7. The lowest BCUT2D eigenvalue weighted by Crippen LogP contribution is -2.26. The molecule has 0 saturated heterocycles. The van der Waals surface area contributed by atoms with Gasteiger partial charge in [0.05, 0.1) is 5.56 Å². The van der Waals surface area contributed by atoms with E-state index >= 15 is 0 Å². The highest BCUT2D eigenvalue weighted by atomic mass is 35.5. The van der Waals surface area contributed by atoms with Gasteiger partial charge in [0.25, 0.3) is 11.7 Å². The van der Waals surface area contributed by atoms with Gasteiger partial charge in [-0.2, -0.15) is 13.2 Å². The summed E-state index contributed by atoms with van der Waals surface area (Å²) in [5.41, 5.74) is -1.49. The first-order valence-corrected chi connectivity index (χ1v) is 10.6. The van der Waals surface area contributed by atoms with Crippen molar-refractivity contribution in [3.05, 3.63) is 93.6 Å². The summed E-state index contributed by atoms with van der Waals surface area (Å²) in [5.74, 6) is -3.03. The van der Waals surface area contributed by atoms with Crippen molar-refractivity contribution >= 4 is 51.5 Å². The van der Waals surface area contributed by atoms with Gasteiger partial charge >= 0.3 is 6.18 Å². The number of halogens is 5. The van der Waals surface area contributed by atoms with Gasteiger partial charge in [-0.15, -0.1) is 0 Å². The van der Waals surface area contributed by atoms with Crippen LogP contribution in [0.3, 0.4) is 0 Å². The molecule has 1 amide bonds. The van der Waals surface area contributed by atoms with Crippen LogP contribution in [0.4, 0.5) is 18.9 Å². The number of phenols is 1. The van der Waals surface area contributed by atoms with Gasteiger partial charge in [0.15, 0.2) is 0 Å². The van der Waals surface area contributed by atoms with Gasteiger partial charge in [-0.05, 0) is 54.1 Å². The zero-order chi connectivity index (χ0) is 24.6. The second-order valence-corrected chi connectivity index (χ2v) is 8.30. The average molecular weight is 507 g/mol. The van der Waals surface area contributed by atoms with E-state index in [4.69, 9.17) is 23.2 Å². The van der Waals surface area contributed by atoms with Crippen molar-refractivity contribution in [1.82, 2.24) is 4.57 Å². The number of hydrogen-bond acceptors (Lipinski definition) is 3. The van der Waals surface area contributed by atoms with Gasteiger partial charge < -0.3 is 15.0 Å². The predicted molar refractivity (Wildman–Crippen MR) is 124 cm³/mol. The van der Waals surface area contributed by atoms with Crippen LogP contribution in [-0.4, -0.2) is 21.4 Å². The lowest BCUT2D eigenvalue weighted by atomic mass is 10.0. The van der Waals surface area contributed by atoms with Gasteiger partial charge in [0.1, 0.15) is 11.4 Å². The molecule has 0 atom stereocenters. The highest BCUT2D eigenvalue weighted by molar-refractivity contribution is 6.49. The molecule has 0 aliphatic rings. The molecule has 0 aliphatic carbocycles. The molecule has 0 radical (unpaired) electrons. The van der Waals surface area contributed by atoms with Crippen LogP contribution >= 0.6 is 23.2 Å². The highest BCUT2D eigenvalue weighted by Crippen LogP contribution is 2.40. The summed E-state index contributed by atoms with van der Waals surface area (Å²) in [6.45, 7) is -0.253. The molecule has 4 rings (SSSR count). The maximum absolute atomic E-state index is 14.3. The fourth-order valence-corrected chi connectivity index (χ4v) is 3.99. The number of amides is 1. The summed E-state index contributed by atoms with van der Waals surface area (Å²) < 4.78 is 43.8. The number of carbonyl (C=O) groups is 2. The molecular weight excluding hydrogens is 492 g/mol. The van der Waals surface area contributed by atoms with Gasteiger partial charge in [0.2, 0.25) is 0 Å². The van der Waals surface area contributed by atoms with Gasteiger partial charge in [-0.25, -0.2) is 0 Å². The van der Waals surface area contributed by atoms with E-state index in [1.54, 1.807) is 12.1 Å². The Morgan fingerprint density at radius 2 is 1.65 bits per heavy atom. The number of fused-ring (bicyclic) bond motifs is 1. The van der Waals surface area contributed by atoms with Crippen LogP contribution < -0.4 is 5.32 Å². The fraction of sp³-hybridized carbons (Fsp3) is 0.0833. The first-order chi connectivity index (χ1) is 16.0. The minimum Gasteiger partial charge on any atom is -0.508 e. The minimum absolute atomic E-state index is 0.0268. The van der Waals surface area contributed by atoms with E-state index in [2.05, 4.69) is 5.32 Å². The van der Waals surface area contributed by atoms with E-state index in [1.165, 1.54) is 48.5 Å². The van der Waals surface area contributed by atoms with E-state index in [9.17, 15) is 27.9 Å². The Hall–Kier alpha value is -3.49. The van der Waals surface area contributed by atoms with Crippen molar-refractivity contribution in [1.29, 1.82) is 0 Å². The second-order valence-electron chi connectivity index (χ2n) is 7.43. The van der Waals surface area contributed by atoms with E-state index in [1.807, 2.05) is 0 Å². The molecule has 10 heteroatoms. The molecule has 4 aromatic rings. The molecule has 0 fully saturated rings. The lowest BCUT2D eigenvalue weighted by Gasteiger charge is -2.15. The lowest BCUT2D eigenvalue weighted by molar-refractivity contribution is -0.143. The smallest absolute Gasteiger partial charge is 0.432 e. The number of carbonyl (C=O) groups excluding carboxylic acids is 2. The maximum Gasteiger partial charge on any atom is 0.432 e. The third kappa shape index (κ3) is 4.73. The largest absolute Gasteiger partial charge is 0.508 e. The molecule has 5 nitrogen and oxygen atoms in total. The summed E-state index contributed by atoms with van der Waals surface area (Å²) in [6.07, 6.45) is -4.98. The van der Waals surface area contributed by atoms with Gasteiger partial charge in [-0.1, -0.05) is 41.4 Å². The SMILES string of the molecule is O=C(Nc1cccc(Cl)c1)C(=O)c1c(C(F)(F)F)n(Cc2ccc(Cl)cc2)c2ccc(O)cc12. The first kappa shape index (κ1) is 23.7. The molecule has 34 heavy (non-hydrogen) atoms. The predicted octanol–water partition coefficient (Wildman–Crippen LogP) is 6.54. The van der Waals surface area contributed by atoms with E-state index < -0.39 is 29.1 Å². The van der Waals surface area contributed by atoms with Crippen LogP contribution in [0.25, 0.3) is 10.9 Å². The summed E-state index contributed by atoms with van der Waals surface area (Å²) in [4.78, 5) is 25.8. The minimum atomic E-state index is -4.98. The topological polar surface area (TPSA) is 71.3 Å². The molecule has 2 N–H and O–H groups in total. The molecule has 0 spiro atoms. The quantitative estimate of drug-likeness (QED) is 0.238. The Labute approximate surface area is 201 Å². The van der Waals surface area contributed by atoms with Gasteiger partial charge in [-0.3, -0.25) is 9.59 Å². The molecule has 0 unspecified atom stereocenters. The molecule has 1 heterocycles. The number of Topliss-reactive ketones (excluding diaryl/α,β-unsaturated/α-hetero) is 1. The van der Waals surface area contributed by atoms with Crippen LogP contribution in [-0.2, 0) is 17.5 Å². The average Bonchev–Trinajstić information content (AvgIpc) is 3.08. The normalized spacial score (nSPS) is 11.6. The molecule has 174 valence electrons. The summed E-state index contributed by atoms with van der Waals surface area (Å²) in [6, 6.07) is 15.5. The van der Waals surface area contributed by atoms with Crippen molar-refractivity contribution in [3.8, 4) is 5.75 Å². The number of ketones is 1. The van der Waals surface area contributed by atoms with E-state index in [-0.39, 0.29) is 33.9 Å². The molecule has 0 saturated carbocycles. The van der Waals surface area contributed by atoms with E-state index in [0.29, 0.717) is 10.6 Å². The number of aromatic hydroxyl groups is 1.